The van der Waals surface area contributed by atoms with Crippen molar-refractivity contribution in [1.82, 2.24) is 4.98 Å². The van der Waals surface area contributed by atoms with Gasteiger partial charge in [-0.25, -0.2) is 0 Å². The fourth-order valence-electron chi connectivity index (χ4n) is 1.78. The van der Waals surface area contributed by atoms with E-state index in [0.717, 1.165) is 6.07 Å². The van der Waals surface area contributed by atoms with E-state index in [-0.39, 0.29) is 11.5 Å². The molecule has 112 valence electrons. The number of benzene rings is 1. The predicted octanol–water partition coefficient (Wildman–Crippen LogP) is 4.34. The van der Waals surface area contributed by atoms with Gasteiger partial charge in [-0.3, -0.25) is 4.98 Å². The molecule has 0 aliphatic rings. The normalized spacial score (nSPS) is 13.0. The van der Waals surface area contributed by atoms with E-state index in [9.17, 15) is 18.3 Å². The molecule has 1 aromatic carbocycles. The molecule has 0 radical (unpaired) electrons. The van der Waals surface area contributed by atoms with Crippen LogP contribution in [0, 0.1) is 0 Å². The molecule has 0 aliphatic carbocycles. The molecule has 1 atom stereocenters. The van der Waals surface area contributed by atoms with Crippen LogP contribution in [0.25, 0.3) is 0 Å². The first kappa shape index (κ1) is 15.3. The molecule has 0 amide bonds. The number of nitrogens with zero attached hydrogens (tertiary/aromatic N) is 1. The Morgan fingerprint density at radius 3 is 2.48 bits per heavy atom. The molecule has 1 aromatic heterocycles. The van der Waals surface area contributed by atoms with Gasteiger partial charge < -0.3 is 9.84 Å². The van der Waals surface area contributed by atoms with Gasteiger partial charge in [0.1, 0.15) is 11.5 Å². The predicted molar refractivity (Wildman–Crippen MR) is 71.0 cm³/mol. The first-order valence-electron chi connectivity index (χ1n) is 6.40. The van der Waals surface area contributed by atoms with Gasteiger partial charge in [-0.15, -0.1) is 0 Å². The van der Waals surface area contributed by atoms with E-state index in [4.69, 9.17) is 4.74 Å². The third kappa shape index (κ3) is 3.72. The number of alkyl halides is 3. The summed E-state index contributed by atoms with van der Waals surface area (Å²) in [5.74, 6) is -0.102. The lowest BCUT2D eigenvalue weighted by Gasteiger charge is -2.13. The Hall–Kier alpha value is -2.08. The number of pyridine rings is 1. The molecular formula is C15H14F3NO2. The first-order chi connectivity index (χ1) is 9.91. The van der Waals surface area contributed by atoms with E-state index in [2.05, 4.69) is 4.98 Å². The zero-order valence-electron chi connectivity index (χ0n) is 11.3. The number of aliphatic hydroxyl groups is 1. The van der Waals surface area contributed by atoms with Crippen molar-refractivity contribution in [2.75, 3.05) is 0 Å². The van der Waals surface area contributed by atoms with Crippen LogP contribution in [0.15, 0.2) is 42.6 Å². The Labute approximate surface area is 120 Å². The molecule has 0 bridgehead atoms. The van der Waals surface area contributed by atoms with Crippen molar-refractivity contribution < 1.29 is 23.0 Å². The molecule has 0 saturated heterocycles. The molecule has 21 heavy (non-hydrogen) atoms. The maximum Gasteiger partial charge on any atom is 0.419 e. The fraction of sp³-hybridized carbons (Fsp3) is 0.267. The number of aliphatic hydroxyl groups excluding tert-OH is 1. The van der Waals surface area contributed by atoms with Crippen molar-refractivity contribution in [2.45, 2.75) is 25.6 Å². The lowest BCUT2D eigenvalue weighted by Crippen LogP contribution is -2.07. The molecule has 6 heteroatoms. The second-order valence-corrected chi connectivity index (χ2v) is 4.44. The largest absolute Gasteiger partial charge is 0.455 e. The topological polar surface area (TPSA) is 42.4 Å². The van der Waals surface area contributed by atoms with Crippen molar-refractivity contribution in [3.8, 4) is 11.5 Å². The number of hydrogen-bond acceptors (Lipinski definition) is 3. The van der Waals surface area contributed by atoms with Gasteiger partial charge in [0.05, 0.1) is 23.6 Å². The van der Waals surface area contributed by atoms with Crippen LogP contribution in [0.1, 0.15) is 30.7 Å². The van der Waals surface area contributed by atoms with Gasteiger partial charge >= 0.3 is 6.18 Å². The number of hydrogen-bond donors (Lipinski definition) is 1. The Balaban J connectivity index is 2.23. The molecule has 0 fully saturated rings. The summed E-state index contributed by atoms with van der Waals surface area (Å²) < 4.78 is 43.8. The van der Waals surface area contributed by atoms with Gasteiger partial charge in [0.15, 0.2) is 0 Å². The zero-order chi connectivity index (χ0) is 15.5. The maximum absolute atomic E-state index is 12.8. The summed E-state index contributed by atoms with van der Waals surface area (Å²) in [5, 5.41) is 9.61. The lowest BCUT2D eigenvalue weighted by atomic mass is 10.2. The number of aromatic nitrogens is 1. The van der Waals surface area contributed by atoms with Crippen LogP contribution in [0.2, 0.25) is 0 Å². The molecule has 0 unspecified atom stereocenters. The second-order valence-electron chi connectivity index (χ2n) is 4.44. The number of halogens is 3. The third-order valence-electron chi connectivity index (χ3n) is 2.91. The first-order valence-corrected chi connectivity index (χ1v) is 6.40. The van der Waals surface area contributed by atoms with Crippen LogP contribution < -0.4 is 4.74 Å². The van der Waals surface area contributed by atoms with Crippen molar-refractivity contribution in [3.05, 3.63) is 53.9 Å². The Morgan fingerprint density at radius 1 is 1.19 bits per heavy atom. The van der Waals surface area contributed by atoms with Gasteiger partial charge in [-0.05, 0) is 30.7 Å². The highest BCUT2D eigenvalue weighted by Crippen LogP contribution is 2.37. The summed E-state index contributed by atoms with van der Waals surface area (Å²) in [5.41, 5.74) is -0.392. The highest BCUT2D eigenvalue weighted by atomic mass is 19.4. The van der Waals surface area contributed by atoms with E-state index in [1.165, 1.54) is 36.5 Å². The van der Waals surface area contributed by atoms with Gasteiger partial charge in [0.25, 0.3) is 0 Å². The molecule has 2 aromatic rings. The number of para-hydroxylation sites is 1. The van der Waals surface area contributed by atoms with Crippen LogP contribution in [0.3, 0.4) is 0 Å². The van der Waals surface area contributed by atoms with Gasteiger partial charge in [-0.2, -0.15) is 13.2 Å². The fourth-order valence-corrected chi connectivity index (χ4v) is 1.78. The van der Waals surface area contributed by atoms with E-state index in [1.54, 1.807) is 6.92 Å². The average molecular weight is 297 g/mol. The lowest BCUT2D eigenvalue weighted by molar-refractivity contribution is -0.138. The number of rotatable bonds is 4. The molecule has 0 saturated carbocycles. The van der Waals surface area contributed by atoms with Gasteiger partial charge in [0, 0.05) is 0 Å². The maximum atomic E-state index is 12.8. The van der Waals surface area contributed by atoms with Crippen molar-refractivity contribution >= 4 is 0 Å². The van der Waals surface area contributed by atoms with E-state index in [1.807, 2.05) is 0 Å². The van der Waals surface area contributed by atoms with E-state index >= 15 is 0 Å². The van der Waals surface area contributed by atoms with Crippen LogP contribution in [-0.4, -0.2) is 10.1 Å². The number of ether oxygens (including phenoxy) is 1. The van der Waals surface area contributed by atoms with Crippen LogP contribution in [-0.2, 0) is 6.18 Å². The zero-order valence-corrected chi connectivity index (χ0v) is 11.3. The average Bonchev–Trinajstić information content (AvgIpc) is 2.47. The Morgan fingerprint density at radius 2 is 1.90 bits per heavy atom. The SMILES string of the molecule is CC[C@@H](O)c1ccc(Oc2ccccc2C(F)(F)F)cn1. The minimum atomic E-state index is -4.48. The van der Waals surface area contributed by atoms with Crippen LogP contribution in [0.4, 0.5) is 13.2 Å². The summed E-state index contributed by atoms with van der Waals surface area (Å²) in [6, 6.07) is 7.98. The summed E-state index contributed by atoms with van der Waals surface area (Å²) in [4.78, 5) is 3.98. The highest BCUT2D eigenvalue weighted by Gasteiger charge is 2.34. The molecule has 0 aliphatic heterocycles. The molecule has 3 nitrogen and oxygen atoms in total. The Kier molecular flexibility index (Phi) is 4.47. The summed E-state index contributed by atoms with van der Waals surface area (Å²) in [6.07, 6.45) is -3.38. The monoisotopic (exact) mass is 297 g/mol. The minimum absolute atomic E-state index is 0.179. The van der Waals surface area contributed by atoms with Gasteiger partial charge in [-0.1, -0.05) is 19.1 Å². The molecule has 1 heterocycles. The summed E-state index contributed by atoms with van der Waals surface area (Å²) in [6.45, 7) is 1.80. The highest BCUT2D eigenvalue weighted by molar-refractivity contribution is 5.39. The molecular weight excluding hydrogens is 283 g/mol. The Bertz CT molecular complexity index is 597. The molecule has 1 N–H and O–H groups in total. The van der Waals surface area contributed by atoms with Crippen LogP contribution in [0.5, 0.6) is 11.5 Å². The third-order valence-corrected chi connectivity index (χ3v) is 2.91. The minimum Gasteiger partial charge on any atom is -0.455 e. The summed E-state index contributed by atoms with van der Waals surface area (Å²) in [7, 11) is 0. The van der Waals surface area contributed by atoms with E-state index in [0.29, 0.717) is 12.1 Å². The molecule has 2 rings (SSSR count). The van der Waals surface area contributed by atoms with Crippen molar-refractivity contribution in [2.24, 2.45) is 0 Å². The quantitative estimate of drug-likeness (QED) is 0.913. The van der Waals surface area contributed by atoms with Crippen molar-refractivity contribution in [1.29, 1.82) is 0 Å². The summed E-state index contributed by atoms with van der Waals surface area (Å²) >= 11 is 0. The smallest absolute Gasteiger partial charge is 0.419 e. The van der Waals surface area contributed by atoms with Gasteiger partial charge in [0.2, 0.25) is 0 Å². The van der Waals surface area contributed by atoms with Crippen molar-refractivity contribution in [3.63, 3.8) is 0 Å². The van der Waals surface area contributed by atoms with Crippen LogP contribution >= 0.6 is 0 Å². The standard InChI is InChI=1S/C15H14F3NO2/c1-2-13(20)12-8-7-10(9-19-12)21-14-6-4-3-5-11(14)15(16,17)18/h3-9,13,20H,2H2,1H3/t13-/m1/s1. The second kappa shape index (κ2) is 6.13. The molecule has 0 spiro atoms. The van der Waals surface area contributed by atoms with E-state index < -0.39 is 17.8 Å².